The molecule has 3 heterocycles. The summed E-state index contributed by atoms with van der Waals surface area (Å²) < 4.78 is 80.7. The van der Waals surface area contributed by atoms with Gasteiger partial charge in [0.1, 0.15) is 23.3 Å². The van der Waals surface area contributed by atoms with Crippen molar-refractivity contribution in [2.45, 2.75) is 69.7 Å². The van der Waals surface area contributed by atoms with Crippen LogP contribution in [0.4, 0.5) is 22.0 Å². The molecule has 1 atom stereocenters. The molecule has 0 radical (unpaired) electrons. The standard InChI is InChI=1S/C38H36F5N5O5/c39-29-12-5-11-28(38(41,42)43)27(29)21-47-31-23-53-37(14-17-46(18-15-37)20-26-10-4-9-25(19-44)34(26)40)33(31)35(51)48(36(47)52)22-30(24-7-2-1-3-8-24)45-16-6-13-32(49)50/h1-5,7-12,30,45H,6,13-18,20-23H2,(H,49,50)/t30-/m0/s1. The molecule has 4 aromatic rings. The maximum Gasteiger partial charge on any atom is 0.416 e. The molecular weight excluding hydrogens is 701 g/mol. The molecule has 2 N–H and O–H groups in total. The summed E-state index contributed by atoms with van der Waals surface area (Å²) in [6.45, 7) is -0.369. The van der Waals surface area contributed by atoms with Crippen LogP contribution in [-0.4, -0.2) is 44.7 Å². The number of ether oxygens (including phenoxy) is 1. The maximum atomic E-state index is 15.2. The zero-order chi connectivity index (χ0) is 37.9. The van der Waals surface area contributed by atoms with E-state index in [9.17, 15) is 37.2 Å². The first-order valence-corrected chi connectivity index (χ1v) is 17.1. The number of alkyl halides is 3. The van der Waals surface area contributed by atoms with Crippen LogP contribution in [0.25, 0.3) is 0 Å². The molecule has 278 valence electrons. The van der Waals surface area contributed by atoms with E-state index >= 15 is 4.39 Å². The van der Waals surface area contributed by atoms with E-state index in [1.807, 2.05) is 11.0 Å². The normalized spacial score (nSPS) is 16.0. The molecule has 1 saturated heterocycles. The zero-order valence-corrected chi connectivity index (χ0v) is 28.5. The van der Waals surface area contributed by atoms with Crippen LogP contribution in [0.1, 0.15) is 70.8 Å². The van der Waals surface area contributed by atoms with Crippen molar-refractivity contribution in [3.8, 4) is 6.07 Å². The number of aromatic nitrogens is 2. The Hall–Kier alpha value is -5.17. The number of hydrogen-bond acceptors (Lipinski definition) is 7. The Morgan fingerprint density at radius 3 is 2.38 bits per heavy atom. The van der Waals surface area contributed by atoms with Gasteiger partial charge in [0.2, 0.25) is 0 Å². The molecule has 6 rings (SSSR count). The predicted molar refractivity (Wildman–Crippen MR) is 182 cm³/mol. The quantitative estimate of drug-likeness (QED) is 0.145. The number of hydrogen-bond donors (Lipinski definition) is 2. The molecule has 1 spiro atoms. The van der Waals surface area contributed by atoms with Crippen LogP contribution in [0.2, 0.25) is 0 Å². The number of carbonyl (C=O) groups is 1. The number of piperidine rings is 1. The number of nitriles is 1. The summed E-state index contributed by atoms with van der Waals surface area (Å²) in [5, 5.41) is 21.6. The van der Waals surface area contributed by atoms with Crippen LogP contribution in [0, 0.1) is 23.0 Å². The van der Waals surface area contributed by atoms with Gasteiger partial charge in [-0.05, 0) is 49.6 Å². The minimum atomic E-state index is -4.94. The Morgan fingerprint density at radius 2 is 1.70 bits per heavy atom. The van der Waals surface area contributed by atoms with Crippen LogP contribution < -0.4 is 16.6 Å². The molecule has 53 heavy (non-hydrogen) atoms. The van der Waals surface area contributed by atoms with Crippen LogP contribution in [0.15, 0.2) is 76.3 Å². The molecule has 0 aliphatic carbocycles. The van der Waals surface area contributed by atoms with E-state index in [1.54, 1.807) is 42.5 Å². The largest absolute Gasteiger partial charge is 0.481 e. The van der Waals surface area contributed by atoms with E-state index in [2.05, 4.69) is 5.32 Å². The fourth-order valence-corrected chi connectivity index (χ4v) is 7.26. The van der Waals surface area contributed by atoms with Crippen LogP contribution in [0.3, 0.4) is 0 Å². The monoisotopic (exact) mass is 737 g/mol. The van der Waals surface area contributed by atoms with Gasteiger partial charge in [-0.1, -0.05) is 48.5 Å². The lowest BCUT2D eigenvalue weighted by Crippen LogP contribution is -2.50. The Bertz CT molecular complexity index is 2150. The Labute approximate surface area is 300 Å². The third kappa shape index (κ3) is 7.80. The molecule has 0 amide bonds. The first-order chi connectivity index (χ1) is 25.3. The second kappa shape index (κ2) is 15.4. The fraction of sp³-hybridized carbons (Fsp3) is 0.368. The van der Waals surface area contributed by atoms with Crippen molar-refractivity contribution in [3.63, 3.8) is 0 Å². The summed E-state index contributed by atoms with van der Waals surface area (Å²) in [7, 11) is 0. The fourth-order valence-electron chi connectivity index (χ4n) is 7.26. The molecule has 2 aliphatic rings. The van der Waals surface area contributed by atoms with Crippen molar-refractivity contribution < 1.29 is 36.6 Å². The molecule has 2 aliphatic heterocycles. The highest BCUT2D eigenvalue weighted by atomic mass is 19.4. The Balaban J connectivity index is 1.41. The number of fused-ring (bicyclic) bond motifs is 2. The molecule has 1 fully saturated rings. The summed E-state index contributed by atoms with van der Waals surface area (Å²) in [5.41, 5.74) is -3.87. The molecule has 15 heteroatoms. The third-order valence-electron chi connectivity index (χ3n) is 10.00. The van der Waals surface area contributed by atoms with E-state index in [1.165, 1.54) is 6.07 Å². The van der Waals surface area contributed by atoms with E-state index in [-0.39, 0.29) is 68.7 Å². The number of nitrogens with zero attached hydrogens (tertiary/aromatic N) is 4. The van der Waals surface area contributed by atoms with Gasteiger partial charge in [0.15, 0.2) is 0 Å². The summed E-state index contributed by atoms with van der Waals surface area (Å²) in [4.78, 5) is 41.9. The summed E-state index contributed by atoms with van der Waals surface area (Å²) >= 11 is 0. The molecule has 1 aromatic heterocycles. The van der Waals surface area contributed by atoms with Gasteiger partial charge in [-0.15, -0.1) is 0 Å². The second-order valence-corrected chi connectivity index (χ2v) is 13.2. The van der Waals surface area contributed by atoms with Gasteiger partial charge in [0.05, 0.1) is 48.1 Å². The van der Waals surface area contributed by atoms with E-state index in [0.717, 1.165) is 27.3 Å². The highest BCUT2D eigenvalue weighted by Crippen LogP contribution is 2.43. The van der Waals surface area contributed by atoms with Crippen molar-refractivity contribution in [1.29, 1.82) is 5.26 Å². The van der Waals surface area contributed by atoms with Crippen molar-refractivity contribution in [2.75, 3.05) is 19.6 Å². The van der Waals surface area contributed by atoms with Crippen LogP contribution in [-0.2, 0) is 47.5 Å². The topological polar surface area (TPSA) is 130 Å². The van der Waals surface area contributed by atoms with E-state index in [0.29, 0.717) is 24.2 Å². The lowest BCUT2D eigenvalue weighted by molar-refractivity contribution is -0.138. The van der Waals surface area contributed by atoms with Gasteiger partial charge in [-0.3, -0.25) is 23.6 Å². The van der Waals surface area contributed by atoms with E-state index < -0.39 is 64.3 Å². The summed E-state index contributed by atoms with van der Waals surface area (Å²) in [6, 6.07) is 17.0. The van der Waals surface area contributed by atoms with Gasteiger partial charge in [-0.2, -0.15) is 18.4 Å². The zero-order valence-electron chi connectivity index (χ0n) is 28.5. The van der Waals surface area contributed by atoms with Crippen molar-refractivity contribution in [3.05, 3.63) is 138 Å². The van der Waals surface area contributed by atoms with Crippen LogP contribution >= 0.6 is 0 Å². The number of carboxylic acids is 1. The number of benzene rings is 3. The molecule has 0 bridgehead atoms. The number of likely N-dealkylation sites (tertiary alicyclic amines) is 1. The molecule has 0 saturated carbocycles. The number of rotatable bonds is 12. The number of nitrogens with one attached hydrogen (secondary N) is 1. The Morgan fingerprint density at radius 1 is 0.981 bits per heavy atom. The maximum absolute atomic E-state index is 15.2. The first kappa shape index (κ1) is 37.6. The predicted octanol–water partition coefficient (Wildman–Crippen LogP) is 5.44. The van der Waals surface area contributed by atoms with Gasteiger partial charge in [0, 0.05) is 37.2 Å². The Kier molecular flexibility index (Phi) is 10.9. The average molecular weight is 738 g/mol. The minimum Gasteiger partial charge on any atom is -0.481 e. The number of carboxylic acid groups (broad SMARTS) is 1. The number of aliphatic carboxylic acids is 1. The lowest BCUT2D eigenvalue weighted by Gasteiger charge is -2.39. The summed E-state index contributed by atoms with van der Waals surface area (Å²) in [5.74, 6) is -2.79. The highest BCUT2D eigenvalue weighted by molar-refractivity contribution is 5.66. The van der Waals surface area contributed by atoms with Crippen molar-refractivity contribution >= 4 is 5.97 Å². The highest BCUT2D eigenvalue weighted by Gasteiger charge is 2.47. The van der Waals surface area contributed by atoms with Crippen molar-refractivity contribution in [1.82, 2.24) is 19.4 Å². The third-order valence-corrected chi connectivity index (χ3v) is 10.00. The molecule has 3 aromatic carbocycles. The van der Waals surface area contributed by atoms with Crippen LogP contribution in [0.5, 0.6) is 0 Å². The average Bonchev–Trinajstić information content (AvgIpc) is 3.50. The first-order valence-electron chi connectivity index (χ1n) is 17.1. The van der Waals surface area contributed by atoms with Gasteiger partial charge in [-0.25, -0.2) is 13.6 Å². The van der Waals surface area contributed by atoms with Gasteiger partial charge in [0.25, 0.3) is 5.56 Å². The van der Waals surface area contributed by atoms with E-state index in [4.69, 9.17) is 9.84 Å². The van der Waals surface area contributed by atoms with Gasteiger partial charge >= 0.3 is 17.8 Å². The molecular formula is C38H36F5N5O5. The summed E-state index contributed by atoms with van der Waals surface area (Å²) in [6.07, 6.45) is -4.38. The number of halogens is 5. The SMILES string of the molecule is N#Cc1cccc(CN2CCC3(CC2)OCc2c3c(=O)n(C[C@H](NCCCC(=O)O)c3ccccc3)c(=O)n2Cc2c(F)cccc2C(F)(F)F)c1F. The molecule has 10 nitrogen and oxygen atoms in total. The van der Waals surface area contributed by atoms with Crippen molar-refractivity contribution in [2.24, 2.45) is 0 Å². The lowest BCUT2D eigenvalue weighted by atomic mass is 9.85. The minimum absolute atomic E-state index is 0.0551. The smallest absolute Gasteiger partial charge is 0.416 e. The molecule has 0 unspecified atom stereocenters. The van der Waals surface area contributed by atoms with Gasteiger partial charge < -0.3 is 15.2 Å². The second-order valence-electron chi connectivity index (χ2n) is 13.2.